The van der Waals surface area contributed by atoms with Crippen molar-refractivity contribution in [2.45, 2.75) is 30.0 Å². The van der Waals surface area contributed by atoms with Crippen LogP contribution in [0.4, 0.5) is 24.8 Å². The third kappa shape index (κ3) is 6.69. The normalized spacial score (nSPS) is 16.0. The van der Waals surface area contributed by atoms with Crippen LogP contribution in [0.25, 0.3) is 11.0 Å². The predicted octanol–water partition coefficient (Wildman–Crippen LogP) is 3.23. The van der Waals surface area contributed by atoms with Crippen LogP contribution in [0, 0.1) is 11.3 Å². The summed E-state index contributed by atoms with van der Waals surface area (Å²) in [6, 6.07) is 14.3. The molecule has 2 aliphatic rings. The number of carbonyl (C=O) groups is 1. The number of alkyl halides is 3. The number of anilines is 2. The number of hydrogen-bond donors (Lipinski definition) is 2. The summed E-state index contributed by atoms with van der Waals surface area (Å²) in [4.78, 5) is 20.8. The van der Waals surface area contributed by atoms with Crippen LogP contribution in [-0.4, -0.2) is 79.3 Å². The first-order chi connectivity index (χ1) is 18.9. The van der Waals surface area contributed by atoms with E-state index in [4.69, 9.17) is 24.6 Å². The molecular weight excluding hydrogens is 553 g/mol. The Balaban J connectivity index is 0.000000470. The lowest BCUT2D eigenvalue weighted by Gasteiger charge is -2.35. The van der Waals surface area contributed by atoms with Crippen molar-refractivity contribution in [3.63, 3.8) is 0 Å². The molecule has 0 amide bonds. The first-order valence-electron chi connectivity index (χ1n) is 12.1. The number of aromatic nitrogens is 2. The fourth-order valence-electron chi connectivity index (χ4n) is 3.89. The Morgan fingerprint density at radius 1 is 1.07 bits per heavy atom. The number of nitrogens with zero attached hydrogens (tertiary/aromatic N) is 5. The van der Waals surface area contributed by atoms with Gasteiger partial charge >= 0.3 is 12.1 Å². The van der Waals surface area contributed by atoms with Crippen LogP contribution in [0.1, 0.15) is 18.4 Å². The molecule has 40 heavy (non-hydrogen) atoms. The Kier molecular flexibility index (Phi) is 8.31. The summed E-state index contributed by atoms with van der Waals surface area (Å²) in [5, 5.41) is 19.8. The second-order valence-electron chi connectivity index (χ2n) is 9.00. The highest BCUT2D eigenvalue weighted by Crippen LogP contribution is 2.32. The van der Waals surface area contributed by atoms with Crippen LogP contribution >= 0.6 is 0 Å². The largest absolute Gasteiger partial charge is 0.497 e. The van der Waals surface area contributed by atoms with E-state index in [0.29, 0.717) is 60.7 Å². The minimum atomic E-state index is -5.08. The minimum absolute atomic E-state index is 0.252. The molecule has 2 heterocycles. The van der Waals surface area contributed by atoms with Gasteiger partial charge in [0.25, 0.3) is 0 Å². The number of aliphatic carboxylic acids is 1. The molecule has 1 aliphatic carbocycles. The van der Waals surface area contributed by atoms with Crippen LogP contribution in [0.3, 0.4) is 0 Å². The van der Waals surface area contributed by atoms with Gasteiger partial charge in [0.1, 0.15) is 5.75 Å². The zero-order valence-corrected chi connectivity index (χ0v) is 22.0. The lowest BCUT2D eigenvalue weighted by molar-refractivity contribution is -0.192. The lowest BCUT2D eigenvalue weighted by Crippen LogP contribution is -2.49. The standard InChI is InChI=1S/C23H24N6O3S.C2HF3O2/c1-32-18-5-7-19(8-6-18)33(30,31)29-12-10-28(11-13-29)23-22(25-17-3-4-17)26-20-9-2-16(15-24)14-21(20)27-23;3-2(4,5)1(6)7/h2,5-9,14,17H,3-4,10-13H2,1H3,(H,25,26);(H,6,7). The topological polar surface area (TPSA) is 149 Å². The molecule has 2 aromatic carbocycles. The summed E-state index contributed by atoms with van der Waals surface area (Å²) in [5.41, 5.74) is 1.90. The van der Waals surface area contributed by atoms with E-state index < -0.39 is 22.2 Å². The molecule has 1 aliphatic heterocycles. The number of rotatable bonds is 6. The zero-order valence-electron chi connectivity index (χ0n) is 21.2. The first-order valence-corrected chi connectivity index (χ1v) is 13.5. The van der Waals surface area contributed by atoms with E-state index in [2.05, 4.69) is 16.3 Å². The number of nitriles is 1. The average Bonchev–Trinajstić information content (AvgIpc) is 3.76. The van der Waals surface area contributed by atoms with Gasteiger partial charge in [-0.1, -0.05) is 0 Å². The molecule has 1 aromatic heterocycles. The van der Waals surface area contributed by atoms with Gasteiger partial charge in [-0.25, -0.2) is 23.2 Å². The molecule has 0 radical (unpaired) electrons. The van der Waals surface area contributed by atoms with Crippen LogP contribution in [0.15, 0.2) is 47.4 Å². The third-order valence-electron chi connectivity index (χ3n) is 6.17. The number of benzene rings is 2. The molecule has 0 atom stereocenters. The highest BCUT2D eigenvalue weighted by Gasteiger charge is 2.38. The Hall–Kier alpha value is -4.16. The highest BCUT2D eigenvalue weighted by atomic mass is 32.2. The van der Waals surface area contributed by atoms with Crippen molar-refractivity contribution in [1.82, 2.24) is 14.3 Å². The SMILES string of the molecule is COc1ccc(S(=O)(=O)N2CCN(c3nc4cc(C#N)ccc4nc3NC3CC3)CC2)cc1.O=C(O)C(F)(F)F. The molecule has 212 valence electrons. The summed E-state index contributed by atoms with van der Waals surface area (Å²) in [6.07, 6.45) is -2.89. The van der Waals surface area contributed by atoms with Crippen molar-refractivity contribution >= 4 is 38.7 Å². The quantitative estimate of drug-likeness (QED) is 0.447. The molecule has 3 aromatic rings. The lowest BCUT2D eigenvalue weighted by atomic mass is 10.2. The van der Waals surface area contributed by atoms with Crippen LogP contribution in [0.5, 0.6) is 5.75 Å². The van der Waals surface area contributed by atoms with Crippen molar-refractivity contribution in [1.29, 1.82) is 5.26 Å². The van der Waals surface area contributed by atoms with Gasteiger partial charge in [-0.3, -0.25) is 0 Å². The van der Waals surface area contributed by atoms with Crippen molar-refractivity contribution in [3.05, 3.63) is 48.0 Å². The number of sulfonamides is 1. The number of hydrogen-bond acceptors (Lipinski definition) is 9. The van der Waals surface area contributed by atoms with Crippen molar-refractivity contribution in [2.24, 2.45) is 0 Å². The van der Waals surface area contributed by atoms with E-state index >= 15 is 0 Å². The average molecular weight is 579 g/mol. The smallest absolute Gasteiger partial charge is 0.490 e. The molecule has 11 nitrogen and oxygen atoms in total. The Morgan fingerprint density at radius 2 is 1.70 bits per heavy atom. The number of carboxylic acid groups (broad SMARTS) is 1. The summed E-state index contributed by atoms with van der Waals surface area (Å²) in [7, 11) is -2.04. The first kappa shape index (κ1) is 28.8. The summed E-state index contributed by atoms with van der Waals surface area (Å²) in [6.45, 7) is 1.67. The molecule has 0 bridgehead atoms. The van der Waals surface area contributed by atoms with E-state index in [1.54, 1.807) is 43.5 Å². The van der Waals surface area contributed by atoms with Crippen molar-refractivity contribution in [2.75, 3.05) is 43.5 Å². The van der Waals surface area contributed by atoms with E-state index in [1.807, 2.05) is 6.07 Å². The molecule has 2 N–H and O–H groups in total. The second kappa shape index (κ2) is 11.5. The molecular formula is C25H25F3N6O5S. The van der Waals surface area contributed by atoms with Crippen LogP contribution in [-0.2, 0) is 14.8 Å². The van der Waals surface area contributed by atoms with E-state index in [9.17, 15) is 26.9 Å². The highest BCUT2D eigenvalue weighted by molar-refractivity contribution is 7.89. The van der Waals surface area contributed by atoms with Gasteiger partial charge < -0.3 is 20.1 Å². The second-order valence-corrected chi connectivity index (χ2v) is 10.9. The maximum Gasteiger partial charge on any atom is 0.490 e. The monoisotopic (exact) mass is 578 g/mol. The van der Waals surface area contributed by atoms with E-state index in [1.165, 1.54) is 4.31 Å². The van der Waals surface area contributed by atoms with Crippen molar-refractivity contribution < 1.29 is 36.2 Å². The summed E-state index contributed by atoms with van der Waals surface area (Å²) >= 11 is 0. The van der Waals surface area contributed by atoms with Gasteiger partial charge in [0, 0.05) is 32.2 Å². The number of piperazine rings is 1. The summed E-state index contributed by atoms with van der Waals surface area (Å²) < 4.78 is 64.5. The number of nitrogens with one attached hydrogen (secondary N) is 1. The van der Waals surface area contributed by atoms with Gasteiger partial charge in [0.05, 0.1) is 34.7 Å². The van der Waals surface area contributed by atoms with Crippen LogP contribution < -0.4 is 15.0 Å². The Labute approximate surface area is 227 Å². The van der Waals surface area contributed by atoms with Gasteiger partial charge in [-0.2, -0.15) is 22.7 Å². The van der Waals surface area contributed by atoms with Gasteiger partial charge in [0.2, 0.25) is 10.0 Å². The maximum absolute atomic E-state index is 13.1. The molecule has 1 saturated heterocycles. The van der Waals surface area contributed by atoms with Crippen LogP contribution in [0.2, 0.25) is 0 Å². The van der Waals surface area contributed by atoms with Gasteiger partial charge in [0.15, 0.2) is 11.6 Å². The number of halogens is 3. The maximum atomic E-state index is 13.1. The molecule has 2 fully saturated rings. The fourth-order valence-corrected chi connectivity index (χ4v) is 5.31. The predicted molar refractivity (Wildman–Crippen MR) is 139 cm³/mol. The zero-order chi connectivity index (χ0) is 29.1. The minimum Gasteiger partial charge on any atom is -0.497 e. The Bertz CT molecular complexity index is 1530. The number of ether oxygens (including phenoxy) is 1. The third-order valence-corrected chi connectivity index (χ3v) is 8.08. The van der Waals surface area contributed by atoms with E-state index in [-0.39, 0.29) is 4.90 Å². The molecule has 5 rings (SSSR count). The summed E-state index contributed by atoms with van der Waals surface area (Å²) in [5.74, 6) is -0.733. The molecule has 0 unspecified atom stereocenters. The molecule has 1 saturated carbocycles. The Morgan fingerprint density at radius 3 is 2.23 bits per heavy atom. The molecule has 15 heteroatoms. The number of fused-ring (bicyclic) bond motifs is 1. The van der Waals surface area contributed by atoms with Crippen molar-refractivity contribution in [3.8, 4) is 11.8 Å². The number of carboxylic acids is 1. The van der Waals surface area contributed by atoms with Gasteiger partial charge in [-0.05, 0) is 55.3 Å². The van der Waals surface area contributed by atoms with E-state index in [0.717, 1.165) is 18.4 Å². The molecule has 0 spiro atoms. The fraction of sp³-hybridized carbons (Fsp3) is 0.360. The number of methoxy groups -OCH3 is 1. The van der Waals surface area contributed by atoms with Gasteiger partial charge in [-0.15, -0.1) is 0 Å².